The molecule has 1 aromatic rings. The van der Waals surface area contributed by atoms with Crippen LogP contribution in [-0.2, 0) is 11.3 Å². The minimum atomic E-state index is -0.169. The standard InChI is InChI=1S/C12H14BrFO/c1-7(2)9-5-15-6-10-8(9)3-4-11(13)12(10)14/h3-4,7,9H,5-6H2,1-2H3/t9-/m0/s1. The first kappa shape index (κ1) is 11.1. The summed E-state index contributed by atoms with van der Waals surface area (Å²) >= 11 is 3.20. The van der Waals surface area contributed by atoms with Crippen molar-refractivity contribution < 1.29 is 9.13 Å². The molecule has 0 saturated carbocycles. The lowest BCUT2D eigenvalue weighted by atomic mass is 9.85. The molecule has 0 saturated heterocycles. The third-order valence-electron chi connectivity index (χ3n) is 2.98. The van der Waals surface area contributed by atoms with Gasteiger partial charge < -0.3 is 4.74 Å². The molecule has 1 nitrogen and oxygen atoms in total. The maximum Gasteiger partial charge on any atom is 0.143 e. The van der Waals surface area contributed by atoms with Gasteiger partial charge in [-0.3, -0.25) is 0 Å². The van der Waals surface area contributed by atoms with E-state index >= 15 is 0 Å². The molecule has 0 bridgehead atoms. The van der Waals surface area contributed by atoms with Crippen LogP contribution >= 0.6 is 15.9 Å². The molecule has 15 heavy (non-hydrogen) atoms. The minimum absolute atomic E-state index is 0.169. The van der Waals surface area contributed by atoms with Crippen LogP contribution in [0.15, 0.2) is 16.6 Å². The second-order valence-corrected chi connectivity index (χ2v) is 5.15. The molecule has 0 amide bonds. The number of benzene rings is 1. The number of ether oxygens (including phenoxy) is 1. The van der Waals surface area contributed by atoms with E-state index in [0.29, 0.717) is 35.1 Å². The van der Waals surface area contributed by atoms with Crippen molar-refractivity contribution in [2.45, 2.75) is 26.4 Å². The van der Waals surface area contributed by atoms with E-state index in [-0.39, 0.29) is 5.82 Å². The highest BCUT2D eigenvalue weighted by Gasteiger charge is 2.26. The zero-order valence-electron chi connectivity index (χ0n) is 8.89. The molecule has 82 valence electrons. The van der Waals surface area contributed by atoms with Gasteiger partial charge in [0.1, 0.15) is 5.82 Å². The SMILES string of the molecule is CC(C)[C@@H]1COCc2c1ccc(Br)c2F. The summed E-state index contributed by atoms with van der Waals surface area (Å²) in [5.74, 6) is 0.624. The molecule has 1 aliphatic rings. The highest BCUT2D eigenvalue weighted by molar-refractivity contribution is 9.10. The summed E-state index contributed by atoms with van der Waals surface area (Å²) < 4.78 is 19.8. The first-order valence-electron chi connectivity index (χ1n) is 5.15. The molecule has 0 spiro atoms. The van der Waals surface area contributed by atoms with Crippen molar-refractivity contribution in [1.29, 1.82) is 0 Å². The Morgan fingerprint density at radius 1 is 1.47 bits per heavy atom. The van der Waals surface area contributed by atoms with Crippen molar-refractivity contribution in [2.24, 2.45) is 5.92 Å². The molecule has 0 radical (unpaired) electrons. The summed E-state index contributed by atoms with van der Waals surface area (Å²) in [5.41, 5.74) is 1.83. The van der Waals surface area contributed by atoms with Crippen LogP contribution in [-0.4, -0.2) is 6.61 Å². The van der Waals surface area contributed by atoms with Crippen molar-refractivity contribution in [1.82, 2.24) is 0 Å². The second kappa shape index (κ2) is 4.22. The molecule has 1 atom stereocenters. The number of rotatable bonds is 1. The van der Waals surface area contributed by atoms with Gasteiger partial charge in [-0.15, -0.1) is 0 Å². The fourth-order valence-electron chi connectivity index (χ4n) is 2.03. The Labute approximate surface area is 97.8 Å². The van der Waals surface area contributed by atoms with E-state index in [9.17, 15) is 4.39 Å². The molecule has 2 rings (SSSR count). The van der Waals surface area contributed by atoms with Crippen LogP contribution in [0, 0.1) is 11.7 Å². The Kier molecular flexibility index (Phi) is 3.12. The lowest BCUT2D eigenvalue weighted by molar-refractivity contribution is 0.0765. The lowest BCUT2D eigenvalue weighted by Crippen LogP contribution is -2.22. The fourth-order valence-corrected chi connectivity index (χ4v) is 2.40. The van der Waals surface area contributed by atoms with Crippen molar-refractivity contribution in [3.05, 3.63) is 33.5 Å². The predicted octanol–water partition coefficient (Wildman–Crippen LogP) is 3.86. The van der Waals surface area contributed by atoms with Gasteiger partial charge in [-0.1, -0.05) is 19.9 Å². The number of halogens is 2. The van der Waals surface area contributed by atoms with Crippen LogP contribution in [0.25, 0.3) is 0 Å². The van der Waals surface area contributed by atoms with E-state index < -0.39 is 0 Å². The van der Waals surface area contributed by atoms with Crippen LogP contribution in [0.1, 0.15) is 30.9 Å². The first-order chi connectivity index (χ1) is 7.11. The normalized spacial score (nSPS) is 20.5. The highest BCUT2D eigenvalue weighted by Crippen LogP contribution is 2.35. The predicted molar refractivity (Wildman–Crippen MR) is 61.3 cm³/mol. The maximum absolute atomic E-state index is 13.8. The Hall–Kier alpha value is -0.410. The summed E-state index contributed by atoms with van der Waals surface area (Å²) in [6, 6.07) is 3.80. The number of fused-ring (bicyclic) bond motifs is 1. The van der Waals surface area contributed by atoms with Gasteiger partial charge >= 0.3 is 0 Å². The lowest BCUT2D eigenvalue weighted by Gasteiger charge is -2.29. The highest BCUT2D eigenvalue weighted by atomic mass is 79.9. The fraction of sp³-hybridized carbons (Fsp3) is 0.500. The molecule has 0 aromatic heterocycles. The molecule has 0 N–H and O–H groups in total. The van der Waals surface area contributed by atoms with E-state index in [1.54, 1.807) is 6.07 Å². The van der Waals surface area contributed by atoms with Crippen LogP contribution in [0.3, 0.4) is 0 Å². The Morgan fingerprint density at radius 2 is 2.20 bits per heavy atom. The van der Waals surface area contributed by atoms with E-state index in [4.69, 9.17) is 4.74 Å². The monoisotopic (exact) mass is 272 g/mol. The van der Waals surface area contributed by atoms with Crippen LogP contribution in [0.5, 0.6) is 0 Å². The van der Waals surface area contributed by atoms with Gasteiger partial charge in [0.15, 0.2) is 0 Å². The molecule has 1 aliphatic heterocycles. The molecule has 0 aliphatic carbocycles. The van der Waals surface area contributed by atoms with Gasteiger partial charge in [0.2, 0.25) is 0 Å². The smallest absolute Gasteiger partial charge is 0.143 e. The largest absolute Gasteiger partial charge is 0.376 e. The molecule has 1 aromatic carbocycles. The zero-order valence-corrected chi connectivity index (χ0v) is 10.5. The molecule has 1 heterocycles. The topological polar surface area (TPSA) is 9.23 Å². The third-order valence-corrected chi connectivity index (χ3v) is 3.59. The van der Waals surface area contributed by atoms with Gasteiger partial charge in [0.05, 0.1) is 17.7 Å². The maximum atomic E-state index is 13.8. The summed E-state index contributed by atoms with van der Waals surface area (Å²) in [5, 5.41) is 0. The number of hydrogen-bond acceptors (Lipinski definition) is 1. The second-order valence-electron chi connectivity index (χ2n) is 4.29. The van der Waals surface area contributed by atoms with Gasteiger partial charge in [-0.25, -0.2) is 4.39 Å². The van der Waals surface area contributed by atoms with Crippen LogP contribution < -0.4 is 0 Å². The van der Waals surface area contributed by atoms with E-state index in [0.717, 1.165) is 5.56 Å². The Morgan fingerprint density at radius 3 is 2.87 bits per heavy atom. The minimum Gasteiger partial charge on any atom is -0.376 e. The average Bonchev–Trinajstić information content (AvgIpc) is 2.23. The van der Waals surface area contributed by atoms with Crippen molar-refractivity contribution in [3.8, 4) is 0 Å². The first-order valence-corrected chi connectivity index (χ1v) is 5.95. The molecular weight excluding hydrogens is 259 g/mol. The summed E-state index contributed by atoms with van der Waals surface area (Å²) in [4.78, 5) is 0. The molecule has 0 fully saturated rings. The molecular formula is C12H14BrFO. The zero-order chi connectivity index (χ0) is 11.0. The number of hydrogen-bond donors (Lipinski definition) is 0. The third kappa shape index (κ3) is 1.95. The van der Waals surface area contributed by atoms with Gasteiger partial charge in [-0.2, -0.15) is 0 Å². The summed E-state index contributed by atoms with van der Waals surface area (Å²) in [6.07, 6.45) is 0. The van der Waals surface area contributed by atoms with Crippen LogP contribution in [0.4, 0.5) is 4.39 Å². The van der Waals surface area contributed by atoms with Gasteiger partial charge in [0.25, 0.3) is 0 Å². The van der Waals surface area contributed by atoms with Crippen molar-refractivity contribution >= 4 is 15.9 Å². The van der Waals surface area contributed by atoms with E-state index in [2.05, 4.69) is 29.8 Å². The van der Waals surface area contributed by atoms with Gasteiger partial charge in [-0.05, 0) is 33.5 Å². The molecule has 3 heteroatoms. The quantitative estimate of drug-likeness (QED) is 0.755. The van der Waals surface area contributed by atoms with E-state index in [1.807, 2.05) is 6.07 Å². The summed E-state index contributed by atoms with van der Waals surface area (Å²) in [7, 11) is 0. The van der Waals surface area contributed by atoms with Crippen molar-refractivity contribution in [3.63, 3.8) is 0 Å². The average molecular weight is 273 g/mol. The van der Waals surface area contributed by atoms with Gasteiger partial charge in [0, 0.05) is 11.5 Å². The summed E-state index contributed by atoms with van der Waals surface area (Å²) in [6.45, 7) is 5.38. The van der Waals surface area contributed by atoms with Crippen molar-refractivity contribution in [2.75, 3.05) is 6.61 Å². The van der Waals surface area contributed by atoms with Crippen LogP contribution in [0.2, 0.25) is 0 Å². The molecule has 0 unspecified atom stereocenters. The Bertz CT molecular complexity index is 376. The van der Waals surface area contributed by atoms with E-state index in [1.165, 1.54) is 0 Å². The Balaban J connectivity index is 2.49.